The number of nitrogens with one attached hydrogen (secondary N) is 1. The molecule has 0 spiro atoms. The number of anilines is 1. The quantitative estimate of drug-likeness (QED) is 0.862. The average Bonchev–Trinajstić information content (AvgIpc) is 2.75. The van der Waals surface area contributed by atoms with Crippen molar-refractivity contribution in [3.05, 3.63) is 24.3 Å². The molecular weight excluding hydrogens is 292 g/mol. The fraction of sp³-hybridized carbons (Fsp3) is 0.500. The highest BCUT2D eigenvalue weighted by molar-refractivity contribution is 7.91. The van der Waals surface area contributed by atoms with Gasteiger partial charge in [0.15, 0.2) is 9.84 Å². The number of hydrogen-bond donors (Lipinski definition) is 1. The second-order valence-electron chi connectivity index (χ2n) is 5.32. The van der Waals surface area contributed by atoms with Gasteiger partial charge in [0, 0.05) is 11.7 Å². The Hall–Kier alpha value is -1.60. The van der Waals surface area contributed by atoms with Crippen molar-refractivity contribution in [2.75, 3.05) is 29.6 Å². The van der Waals surface area contributed by atoms with Crippen molar-refractivity contribution in [1.82, 2.24) is 5.32 Å². The fourth-order valence-electron chi connectivity index (χ4n) is 2.97. The van der Waals surface area contributed by atoms with Gasteiger partial charge in [0.05, 0.1) is 30.7 Å². The molecule has 6 nitrogen and oxygen atoms in total. The number of ether oxygens (including phenoxy) is 1. The number of benzene rings is 1. The molecule has 0 aliphatic carbocycles. The number of rotatable bonds is 3. The zero-order chi connectivity index (χ0) is 15.0. The summed E-state index contributed by atoms with van der Waals surface area (Å²) in [6.07, 6.45) is 0. The minimum Gasteiger partial charge on any atom is -0.494 e. The summed E-state index contributed by atoms with van der Waals surface area (Å²) in [6.45, 7) is 2.65. The molecule has 0 saturated carbocycles. The first-order valence-electron chi connectivity index (χ1n) is 6.99. The second kappa shape index (κ2) is 5.31. The van der Waals surface area contributed by atoms with Crippen molar-refractivity contribution in [2.45, 2.75) is 19.0 Å². The summed E-state index contributed by atoms with van der Waals surface area (Å²) in [5.74, 6) is 0.749. The van der Waals surface area contributed by atoms with E-state index in [4.69, 9.17) is 4.74 Å². The van der Waals surface area contributed by atoms with Crippen LogP contribution >= 0.6 is 0 Å². The zero-order valence-electron chi connectivity index (χ0n) is 11.8. The van der Waals surface area contributed by atoms with Gasteiger partial charge in [-0.2, -0.15) is 0 Å². The van der Waals surface area contributed by atoms with Gasteiger partial charge in [-0.1, -0.05) is 0 Å². The van der Waals surface area contributed by atoms with Crippen LogP contribution in [-0.4, -0.2) is 51.1 Å². The lowest BCUT2D eigenvalue weighted by molar-refractivity contribution is -0.119. The van der Waals surface area contributed by atoms with Gasteiger partial charge in [-0.3, -0.25) is 4.79 Å². The second-order valence-corrected chi connectivity index (χ2v) is 7.48. The van der Waals surface area contributed by atoms with Crippen LogP contribution in [0, 0.1) is 0 Å². The van der Waals surface area contributed by atoms with Crippen LogP contribution in [0.5, 0.6) is 5.75 Å². The maximum atomic E-state index is 12.2. The molecule has 1 amide bonds. The zero-order valence-corrected chi connectivity index (χ0v) is 12.6. The SMILES string of the molecule is CCOc1ccc(N2C(=O)CN[C@@H]3CS(=O)(=O)C[C@@H]32)cc1. The average molecular weight is 310 g/mol. The summed E-state index contributed by atoms with van der Waals surface area (Å²) < 4.78 is 29.0. The van der Waals surface area contributed by atoms with Gasteiger partial charge >= 0.3 is 0 Å². The summed E-state index contributed by atoms with van der Waals surface area (Å²) in [7, 11) is -3.09. The number of fused-ring (bicyclic) bond motifs is 1. The number of carbonyl (C=O) groups is 1. The smallest absolute Gasteiger partial charge is 0.241 e. The van der Waals surface area contributed by atoms with Crippen molar-refractivity contribution in [2.24, 2.45) is 0 Å². The first-order valence-corrected chi connectivity index (χ1v) is 8.81. The number of piperazine rings is 1. The molecule has 2 aliphatic rings. The molecule has 21 heavy (non-hydrogen) atoms. The van der Waals surface area contributed by atoms with Gasteiger partial charge in [0.25, 0.3) is 0 Å². The first-order chi connectivity index (χ1) is 10.00. The maximum absolute atomic E-state index is 12.2. The van der Waals surface area contributed by atoms with E-state index in [2.05, 4.69) is 5.32 Å². The predicted molar refractivity (Wildman–Crippen MR) is 79.3 cm³/mol. The van der Waals surface area contributed by atoms with E-state index in [0.717, 1.165) is 11.4 Å². The molecule has 0 radical (unpaired) electrons. The summed E-state index contributed by atoms with van der Waals surface area (Å²) in [4.78, 5) is 13.8. The first kappa shape index (κ1) is 14.3. The lowest BCUT2D eigenvalue weighted by Gasteiger charge is -2.37. The highest BCUT2D eigenvalue weighted by Crippen LogP contribution is 2.28. The molecule has 0 bridgehead atoms. The molecule has 1 aromatic rings. The third kappa shape index (κ3) is 2.75. The lowest BCUT2D eigenvalue weighted by Crippen LogP contribution is -2.60. The lowest BCUT2D eigenvalue weighted by atomic mass is 10.1. The van der Waals surface area contributed by atoms with Crippen molar-refractivity contribution >= 4 is 21.4 Å². The molecular formula is C14H18N2O4S. The largest absolute Gasteiger partial charge is 0.494 e. The molecule has 2 fully saturated rings. The van der Waals surface area contributed by atoms with Crippen molar-refractivity contribution in [3.63, 3.8) is 0 Å². The topological polar surface area (TPSA) is 75.7 Å². The molecule has 2 heterocycles. The number of carbonyl (C=O) groups excluding carboxylic acids is 1. The summed E-state index contributed by atoms with van der Waals surface area (Å²) in [6, 6.07) is 6.69. The van der Waals surface area contributed by atoms with Gasteiger partial charge in [-0.15, -0.1) is 0 Å². The van der Waals surface area contributed by atoms with Crippen molar-refractivity contribution < 1.29 is 17.9 Å². The highest BCUT2D eigenvalue weighted by Gasteiger charge is 2.45. The van der Waals surface area contributed by atoms with Crippen LogP contribution < -0.4 is 15.0 Å². The Morgan fingerprint density at radius 3 is 2.67 bits per heavy atom. The summed E-state index contributed by atoms with van der Waals surface area (Å²) >= 11 is 0. The van der Waals surface area contributed by atoms with E-state index in [0.29, 0.717) is 6.61 Å². The molecule has 0 unspecified atom stereocenters. The number of amides is 1. The molecule has 1 aromatic carbocycles. The Morgan fingerprint density at radius 2 is 2.00 bits per heavy atom. The third-order valence-corrected chi connectivity index (χ3v) is 5.58. The van der Waals surface area contributed by atoms with Gasteiger partial charge in [-0.05, 0) is 31.2 Å². The van der Waals surface area contributed by atoms with Gasteiger partial charge < -0.3 is 15.0 Å². The van der Waals surface area contributed by atoms with Crippen molar-refractivity contribution in [3.8, 4) is 5.75 Å². The van der Waals surface area contributed by atoms with E-state index < -0.39 is 9.84 Å². The number of nitrogens with zero attached hydrogens (tertiary/aromatic N) is 1. The Balaban J connectivity index is 1.89. The van der Waals surface area contributed by atoms with Crippen LogP contribution in [-0.2, 0) is 14.6 Å². The monoisotopic (exact) mass is 310 g/mol. The summed E-state index contributed by atoms with van der Waals surface area (Å²) in [5, 5.41) is 3.02. The summed E-state index contributed by atoms with van der Waals surface area (Å²) in [5.41, 5.74) is 0.719. The van der Waals surface area contributed by atoms with Gasteiger partial charge in [-0.25, -0.2) is 8.42 Å². The van der Waals surface area contributed by atoms with Crippen LogP contribution in [0.1, 0.15) is 6.92 Å². The van der Waals surface area contributed by atoms with Crippen LogP contribution in [0.4, 0.5) is 5.69 Å². The van der Waals surface area contributed by atoms with Crippen molar-refractivity contribution in [1.29, 1.82) is 0 Å². The molecule has 114 valence electrons. The Labute approximate surface area is 124 Å². The van der Waals surface area contributed by atoms with Gasteiger partial charge in [0.1, 0.15) is 5.75 Å². The minimum absolute atomic E-state index is 0.0175. The predicted octanol–water partition coefficient (Wildman–Crippen LogP) is 0.187. The van der Waals surface area contributed by atoms with Crippen LogP contribution in [0.15, 0.2) is 24.3 Å². The minimum atomic E-state index is -3.09. The van der Waals surface area contributed by atoms with E-state index in [1.54, 1.807) is 29.2 Å². The van der Waals surface area contributed by atoms with E-state index in [-0.39, 0.29) is 36.0 Å². The van der Waals surface area contributed by atoms with E-state index >= 15 is 0 Å². The Bertz CT molecular complexity index is 641. The molecule has 2 aliphatic heterocycles. The standard InChI is InChI=1S/C14H18N2O4S/c1-2-20-11-5-3-10(4-6-11)16-13-9-21(18,19)8-12(13)15-7-14(16)17/h3-6,12-13,15H,2,7-9H2,1H3/t12-,13+/m1/s1. The van der Waals surface area contributed by atoms with Crippen LogP contribution in [0.2, 0.25) is 0 Å². The number of hydrogen-bond acceptors (Lipinski definition) is 5. The van der Waals surface area contributed by atoms with Crippen LogP contribution in [0.25, 0.3) is 0 Å². The molecule has 0 aromatic heterocycles. The molecule has 1 N–H and O–H groups in total. The molecule has 7 heteroatoms. The highest BCUT2D eigenvalue weighted by atomic mass is 32.2. The molecule has 2 saturated heterocycles. The maximum Gasteiger partial charge on any atom is 0.241 e. The molecule has 3 rings (SSSR count). The van der Waals surface area contributed by atoms with Crippen LogP contribution in [0.3, 0.4) is 0 Å². The number of sulfone groups is 1. The third-order valence-electron chi connectivity index (χ3n) is 3.86. The van der Waals surface area contributed by atoms with E-state index in [1.165, 1.54) is 0 Å². The Kier molecular flexibility index (Phi) is 3.62. The van der Waals surface area contributed by atoms with E-state index in [1.807, 2.05) is 6.92 Å². The Morgan fingerprint density at radius 1 is 1.29 bits per heavy atom. The van der Waals surface area contributed by atoms with Gasteiger partial charge in [0.2, 0.25) is 5.91 Å². The fourth-order valence-corrected chi connectivity index (χ4v) is 4.90. The normalized spacial score (nSPS) is 27.5. The molecule has 2 atom stereocenters. The van der Waals surface area contributed by atoms with E-state index in [9.17, 15) is 13.2 Å².